The van der Waals surface area contributed by atoms with Crippen molar-refractivity contribution in [3.05, 3.63) is 22.7 Å². The highest BCUT2D eigenvalue weighted by Crippen LogP contribution is 2.35. The SMILES string of the molecule is CC(C)CC(=O)Oc1cc(C(=O)O)cc(O)c1Cl. The minimum absolute atomic E-state index is 0.104. The van der Waals surface area contributed by atoms with Crippen molar-refractivity contribution in [1.82, 2.24) is 0 Å². The van der Waals surface area contributed by atoms with Gasteiger partial charge in [0.1, 0.15) is 10.8 Å². The van der Waals surface area contributed by atoms with Gasteiger partial charge in [0.2, 0.25) is 0 Å². The molecule has 0 atom stereocenters. The van der Waals surface area contributed by atoms with Crippen LogP contribution in [0.25, 0.3) is 0 Å². The first-order chi connectivity index (χ1) is 8.31. The number of carbonyl (C=O) groups excluding carboxylic acids is 1. The maximum Gasteiger partial charge on any atom is 0.335 e. The third-order valence-electron chi connectivity index (χ3n) is 2.07. The minimum Gasteiger partial charge on any atom is -0.506 e. The molecule has 0 radical (unpaired) electrons. The molecule has 1 aromatic carbocycles. The van der Waals surface area contributed by atoms with Crippen LogP contribution < -0.4 is 4.74 Å². The summed E-state index contributed by atoms with van der Waals surface area (Å²) < 4.78 is 4.93. The zero-order valence-corrected chi connectivity index (χ0v) is 10.7. The Balaban J connectivity index is 3.01. The number of hydrogen-bond donors (Lipinski definition) is 2. The number of carboxylic acid groups (broad SMARTS) is 1. The first kappa shape index (κ1) is 14.3. The largest absolute Gasteiger partial charge is 0.506 e. The fraction of sp³-hybridized carbons (Fsp3) is 0.333. The number of hydrogen-bond acceptors (Lipinski definition) is 4. The van der Waals surface area contributed by atoms with Crippen LogP contribution in [0.15, 0.2) is 12.1 Å². The van der Waals surface area contributed by atoms with Crippen molar-refractivity contribution in [2.75, 3.05) is 0 Å². The molecule has 0 unspecified atom stereocenters. The van der Waals surface area contributed by atoms with Gasteiger partial charge >= 0.3 is 11.9 Å². The maximum atomic E-state index is 11.5. The molecule has 0 saturated carbocycles. The van der Waals surface area contributed by atoms with E-state index in [-0.39, 0.29) is 28.7 Å². The Morgan fingerprint density at radius 3 is 2.50 bits per heavy atom. The molecule has 0 aliphatic rings. The molecule has 0 saturated heterocycles. The van der Waals surface area contributed by atoms with Gasteiger partial charge in [-0.05, 0) is 18.1 Å². The number of ether oxygens (including phenoxy) is 1. The number of rotatable bonds is 4. The highest BCUT2D eigenvalue weighted by molar-refractivity contribution is 6.33. The van der Waals surface area contributed by atoms with Gasteiger partial charge in [0.15, 0.2) is 5.75 Å². The normalized spacial score (nSPS) is 10.4. The fourth-order valence-electron chi connectivity index (χ4n) is 1.28. The van der Waals surface area contributed by atoms with Crippen LogP contribution in [0.3, 0.4) is 0 Å². The standard InChI is InChI=1S/C12H13ClO5/c1-6(2)3-10(15)18-9-5-7(12(16)17)4-8(14)11(9)13/h4-6,14H,3H2,1-2H3,(H,16,17). The highest BCUT2D eigenvalue weighted by Gasteiger charge is 2.16. The molecule has 2 N–H and O–H groups in total. The molecule has 18 heavy (non-hydrogen) atoms. The van der Waals surface area contributed by atoms with Gasteiger partial charge in [0.05, 0.1) is 5.56 Å². The van der Waals surface area contributed by atoms with Crippen LogP contribution in [0.2, 0.25) is 5.02 Å². The maximum absolute atomic E-state index is 11.5. The van der Waals surface area contributed by atoms with Crippen molar-refractivity contribution in [3.63, 3.8) is 0 Å². The number of halogens is 1. The highest BCUT2D eigenvalue weighted by atomic mass is 35.5. The number of phenols is 1. The predicted molar refractivity (Wildman–Crippen MR) is 65.2 cm³/mol. The van der Waals surface area contributed by atoms with E-state index in [0.29, 0.717) is 0 Å². The van der Waals surface area contributed by atoms with Crippen molar-refractivity contribution in [1.29, 1.82) is 0 Å². The molecule has 1 rings (SSSR count). The van der Waals surface area contributed by atoms with E-state index in [9.17, 15) is 14.7 Å². The van der Waals surface area contributed by atoms with Gasteiger partial charge < -0.3 is 14.9 Å². The van der Waals surface area contributed by atoms with Gasteiger partial charge in [-0.15, -0.1) is 0 Å². The number of phenolic OH excluding ortho intramolecular Hbond substituents is 1. The first-order valence-electron chi connectivity index (χ1n) is 5.27. The van der Waals surface area contributed by atoms with Crippen LogP contribution in [-0.4, -0.2) is 22.2 Å². The summed E-state index contributed by atoms with van der Waals surface area (Å²) in [6.07, 6.45) is 0.175. The van der Waals surface area contributed by atoms with Crippen LogP contribution in [0, 0.1) is 5.92 Å². The lowest BCUT2D eigenvalue weighted by molar-refractivity contribution is -0.135. The molecular formula is C12H13ClO5. The summed E-state index contributed by atoms with van der Waals surface area (Å²) >= 11 is 5.73. The topological polar surface area (TPSA) is 83.8 Å². The van der Waals surface area contributed by atoms with Gasteiger partial charge in [0.25, 0.3) is 0 Å². The summed E-state index contributed by atoms with van der Waals surface area (Å²) in [4.78, 5) is 22.2. The summed E-state index contributed by atoms with van der Waals surface area (Å²) in [7, 11) is 0. The summed E-state index contributed by atoms with van der Waals surface area (Å²) in [5, 5.41) is 18.1. The minimum atomic E-state index is -1.25. The number of aromatic carboxylic acids is 1. The van der Waals surface area contributed by atoms with E-state index in [2.05, 4.69) is 0 Å². The van der Waals surface area contributed by atoms with E-state index >= 15 is 0 Å². The first-order valence-corrected chi connectivity index (χ1v) is 5.65. The van der Waals surface area contributed by atoms with Gasteiger partial charge in [0, 0.05) is 6.42 Å². The Morgan fingerprint density at radius 1 is 1.39 bits per heavy atom. The Morgan fingerprint density at radius 2 is 2.00 bits per heavy atom. The monoisotopic (exact) mass is 272 g/mol. The molecule has 0 heterocycles. The lowest BCUT2D eigenvalue weighted by Crippen LogP contribution is -2.11. The molecule has 0 aliphatic carbocycles. The van der Waals surface area contributed by atoms with E-state index in [1.165, 1.54) is 0 Å². The van der Waals surface area contributed by atoms with Crippen LogP contribution >= 0.6 is 11.6 Å². The Hall–Kier alpha value is -1.75. The van der Waals surface area contributed by atoms with Crippen molar-refractivity contribution in [3.8, 4) is 11.5 Å². The summed E-state index contributed by atoms with van der Waals surface area (Å²) in [6.45, 7) is 3.68. The molecule has 0 aliphatic heterocycles. The second-order valence-electron chi connectivity index (χ2n) is 4.18. The van der Waals surface area contributed by atoms with Crippen LogP contribution in [0.5, 0.6) is 11.5 Å². The van der Waals surface area contributed by atoms with E-state index < -0.39 is 17.7 Å². The molecule has 0 bridgehead atoms. The number of esters is 1. The van der Waals surface area contributed by atoms with E-state index in [0.717, 1.165) is 12.1 Å². The van der Waals surface area contributed by atoms with Crippen molar-refractivity contribution >= 4 is 23.5 Å². The molecule has 0 aromatic heterocycles. The molecule has 0 fully saturated rings. The molecule has 0 amide bonds. The molecule has 5 nitrogen and oxygen atoms in total. The molecule has 98 valence electrons. The number of benzene rings is 1. The van der Waals surface area contributed by atoms with E-state index in [1.54, 1.807) is 0 Å². The summed E-state index contributed by atoms with van der Waals surface area (Å²) in [5.41, 5.74) is -0.204. The Bertz CT molecular complexity index is 482. The van der Waals surface area contributed by atoms with Crippen LogP contribution in [-0.2, 0) is 4.79 Å². The average molecular weight is 273 g/mol. The zero-order chi connectivity index (χ0) is 13.9. The smallest absolute Gasteiger partial charge is 0.335 e. The lowest BCUT2D eigenvalue weighted by atomic mass is 10.1. The molecule has 6 heteroatoms. The molecule has 0 spiro atoms. The quantitative estimate of drug-likeness (QED) is 0.650. The number of carboxylic acids is 1. The Labute approximate surface area is 109 Å². The third-order valence-corrected chi connectivity index (χ3v) is 2.45. The van der Waals surface area contributed by atoms with E-state index in [4.69, 9.17) is 21.4 Å². The second kappa shape index (κ2) is 5.73. The molecular weight excluding hydrogens is 260 g/mol. The second-order valence-corrected chi connectivity index (χ2v) is 4.56. The Kier molecular flexibility index (Phi) is 4.55. The molecule has 1 aromatic rings. The predicted octanol–water partition coefficient (Wildman–Crippen LogP) is 2.70. The van der Waals surface area contributed by atoms with Crippen LogP contribution in [0.1, 0.15) is 30.6 Å². The summed E-state index contributed by atoms with van der Waals surface area (Å²) in [6, 6.07) is 2.09. The van der Waals surface area contributed by atoms with Crippen molar-refractivity contribution < 1.29 is 24.5 Å². The van der Waals surface area contributed by atoms with Gasteiger partial charge in [-0.25, -0.2) is 4.79 Å². The fourth-order valence-corrected chi connectivity index (χ4v) is 1.43. The number of aromatic hydroxyl groups is 1. The average Bonchev–Trinajstić information content (AvgIpc) is 2.22. The van der Waals surface area contributed by atoms with Gasteiger partial charge in [-0.1, -0.05) is 25.4 Å². The number of carbonyl (C=O) groups is 2. The van der Waals surface area contributed by atoms with Crippen molar-refractivity contribution in [2.45, 2.75) is 20.3 Å². The zero-order valence-electron chi connectivity index (χ0n) is 9.94. The van der Waals surface area contributed by atoms with Crippen molar-refractivity contribution in [2.24, 2.45) is 5.92 Å². The van der Waals surface area contributed by atoms with E-state index in [1.807, 2.05) is 13.8 Å². The van der Waals surface area contributed by atoms with Crippen LogP contribution in [0.4, 0.5) is 0 Å². The van der Waals surface area contributed by atoms with Gasteiger partial charge in [-0.2, -0.15) is 0 Å². The lowest BCUT2D eigenvalue weighted by Gasteiger charge is -2.09. The van der Waals surface area contributed by atoms with Gasteiger partial charge in [-0.3, -0.25) is 4.79 Å². The summed E-state index contributed by atoms with van der Waals surface area (Å²) in [5.74, 6) is -2.27. The third kappa shape index (κ3) is 3.63.